The minimum Gasteiger partial charge on any atom is -0.505 e. The van der Waals surface area contributed by atoms with E-state index in [1.807, 2.05) is 0 Å². The topological polar surface area (TPSA) is 20.2 Å². The molecule has 0 aliphatic rings. The summed E-state index contributed by atoms with van der Waals surface area (Å²) in [5.41, 5.74) is 0.890. The first-order chi connectivity index (χ1) is 5.15. The van der Waals surface area contributed by atoms with Crippen LogP contribution in [0.4, 0.5) is 0 Å². The monoisotopic (exact) mass is 208 g/mol. The lowest BCUT2D eigenvalue weighted by Crippen LogP contribution is -1.79. The Labute approximate surface area is 80.4 Å². The average molecular weight is 209 g/mol. The third-order valence-corrected chi connectivity index (χ3v) is 2.20. The molecule has 4 heteroatoms. The van der Waals surface area contributed by atoms with Gasteiger partial charge in [0.25, 0.3) is 0 Å². The molecule has 1 rings (SSSR count). The van der Waals surface area contributed by atoms with Crippen molar-refractivity contribution < 1.29 is 5.11 Å². The Morgan fingerprint density at radius 2 is 1.73 bits per heavy atom. The molecule has 1 nitrogen and oxygen atoms in total. The van der Waals surface area contributed by atoms with Gasteiger partial charge in [0.05, 0.1) is 10.0 Å². The highest BCUT2D eigenvalue weighted by Gasteiger charge is 2.04. The van der Waals surface area contributed by atoms with Crippen molar-refractivity contribution in [2.75, 3.05) is 0 Å². The van der Waals surface area contributed by atoms with E-state index >= 15 is 0 Å². The molecule has 0 heterocycles. The van der Waals surface area contributed by atoms with Crippen molar-refractivity contribution in [3.63, 3.8) is 0 Å². The zero-order valence-corrected chi connectivity index (χ0v) is 7.92. The van der Waals surface area contributed by atoms with Gasteiger partial charge >= 0.3 is 0 Å². The third kappa shape index (κ3) is 1.95. The lowest BCUT2D eigenvalue weighted by atomic mass is 10.2. The molecule has 0 spiro atoms. The highest BCUT2D eigenvalue weighted by atomic mass is 35.5. The molecular formula is C7H6Cl2OS. The van der Waals surface area contributed by atoms with E-state index in [0.717, 1.165) is 5.56 Å². The number of hydrogen-bond acceptors (Lipinski definition) is 2. The second kappa shape index (κ2) is 3.57. The average Bonchev–Trinajstić information content (AvgIpc) is 1.99. The van der Waals surface area contributed by atoms with E-state index in [1.165, 1.54) is 0 Å². The van der Waals surface area contributed by atoms with Gasteiger partial charge in [0.1, 0.15) is 0 Å². The molecule has 1 aromatic rings. The van der Waals surface area contributed by atoms with Crippen molar-refractivity contribution >= 4 is 35.8 Å². The van der Waals surface area contributed by atoms with Gasteiger partial charge in [-0.25, -0.2) is 0 Å². The van der Waals surface area contributed by atoms with Crippen LogP contribution < -0.4 is 0 Å². The van der Waals surface area contributed by atoms with E-state index in [-0.39, 0.29) is 15.8 Å². The summed E-state index contributed by atoms with van der Waals surface area (Å²) < 4.78 is 0. The molecule has 0 saturated heterocycles. The number of aromatic hydroxyl groups is 1. The second-order valence-corrected chi connectivity index (χ2v) is 3.20. The smallest absolute Gasteiger partial charge is 0.152 e. The molecule has 0 unspecified atom stereocenters. The van der Waals surface area contributed by atoms with Crippen LogP contribution in [-0.2, 0) is 5.75 Å². The van der Waals surface area contributed by atoms with Crippen molar-refractivity contribution in [1.29, 1.82) is 0 Å². The highest BCUT2D eigenvalue weighted by molar-refractivity contribution is 7.79. The number of thiol groups is 1. The minimum absolute atomic E-state index is 0.0705. The Kier molecular flexibility index (Phi) is 2.93. The molecule has 0 saturated carbocycles. The van der Waals surface area contributed by atoms with E-state index < -0.39 is 0 Å². The van der Waals surface area contributed by atoms with Crippen molar-refractivity contribution in [3.05, 3.63) is 27.7 Å². The van der Waals surface area contributed by atoms with Crippen molar-refractivity contribution in [2.24, 2.45) is 0 Å². The van der Waals surface area contributed by atoms with Gasteiger partial charge in [0.2, 0.25) is 0 Å². The maximum absolute atomic E-state index is 9.14. The Bertz CT molecular complexity index is 252. The SMILES string of the molecule is Oc1c(Cl)cc(CS)cc1Cl. The van der Waals surface area contributed by atoms with Gasteiger partial charge in [-0.1, -0.05) is 23.2 Å². The van der Waals surface area contributed by atoms with E-state index in [0.29, 0.717) is 5.75 Å². The van der Waals surface area contributed by atoms with Gasteiger partial charge < -0.3 is 5.11 Å². The first kappa shape index (κ1) is 9.04. The quantitative estimate of drug-likeness (QED) is 0.681. The molecule has 0 radical (unpaired) electrons. The molecule has 1 aromatic carbocycles. The fourth-order valence-corrected chi connectivity index (χ4v) is 1.42. The number of phenolic OH excluding ortho intramolecular Hbond substituents is 1. The summed E-state index contributed by atoms with van der Waals surface area (Å²) in [4.78, 5) is 0. The summed E-state index contributed by atoms with van der Waals surface area (Å²) in [6.07, 6.45) is 0. The van der Waals surface area contributed by atoms with Gasteiger partial charge in [-0.15, -0.1) is 0 Å². The molecule has 0 bridgehead atoms. The predicted molar refractivity (Wildman–Crippen MR) is 50.8 cm³/mol. The summed E-state index contributed by atoms with van der Waals surface area (Å²) >= 11 is 15.3. The molecule has 1 N–H and O–H groups in total. The maximum atomic E-state index is 9.14. The first-order valence-electron chi connectivity index (χ1n) is 2.93. The highest BCUT2D eigenvalue weighted by Crippen LogP contribution is 2.32. The molecule has 0 aromatic heterocycles. The van der Waals surface area contributed by atoms with Crippen LogP contribution in [0.25, 0.3) is 0 Å². The largest absolute Gasteiger partial charge is 0.505 e. The Morgan fingerprint density at radius 3 is 2.09 bits per heavy atom. The summed E-state index contributed by atoms with van der Waals surface area (Å²) in [6, 6.07) is 3.27. The number of halogens is 2. The van der Waals surface area contributed by atoms with E-state index in [9.17, 15) is 0 Å². The van der Waals surface area contributed by atoms with Crippen molar-refractivity contribution in [3.8, 4) is 5.75 Å². The second-order valence-electron chi connectivity index (χ2n) is 2.07. The summed E-state index contributed by atoms with van der Waals surface area (Å²) in [7, 11) is 0. The first-order valence-corrected chi connectivity index (χ1v) is 4.31. The van der Waals surface area contributed by atoms with Crippen LogP contribution in [0.5, 0.6) is 5.75 Å². The van der Waals surface area contributed by atoms with Gasteiger partial charge in [0, 0.05) is 5.75 Å². The van der Waals surface area contributed by atoms with Gasteiger partial charge in [-0.05, 0) is 17.7 Å². The molecule has 0 fully saturated rings. The van der Waals surface area contributed by atoms with E-state index in [2.05, 4.69) is 12.6 Å². The van der Waals surface area contributed by atoms with Crippen molar-refractivity contribution in [2.45, 2.75) is 5.75 Å². The molecule has 0 aliphatic heterocycles. The van der Waals surface area contributed by atoms with Crippen LogP contribution >= 0.6 is 35.8 Å². The molecule has 11 heavy (non-hydrogen) atoms. The number of hydrogen-bond donors (Lipinski definition) is 2. The Hall–Kier alpha value is -0.0500. The van der Waals surface area contributed by atoms with Crippen LogP contribution in [0.3, 0.4) is 0 Å². The fourth-order valence-electron chi connectivity index (χ4n) is 0.709. The predicted octanol–water partition coefficient (Wildman–Crippen LogP) is 3.13. The van der Waals surface area contributed by atoms with Crippen LogP contribution in [0, 0.1) is 0 Å². The molecule has 0 aliphatic carbocycles. The summed E-state index contributed by atoms with van der Waals surface area (Å²) in [6.45, 7) is 0. The normalized spacial score (nSPS) is 10.1. The third-order valence-electron chi connectivity index (χ3n) is 1.26. The van der Waals surface area contributed by atoms with Gasteiger partial charge in [0.15, 0.2) is 5.75 Å². The van der Waals surface area contributed by atoms with Gasteiger partial charge in [-0.3, -0.25) is 0 Å². The van der Waals surface area contributed by atoms with Crippen molar-refractivity contribution in [1.82, 2.24) is 0 Å². The molecule has 0 amide bonds. The summed E-state index contributed by atoms with van der Waals surface area (Å²) in [5, 5.41) is 9.67. The van der Waals surface area contributed by atoms with E-state index in [1.54, 1.807) is 12.1 Å². The number of phenols is 1. The molecule has 60 valence electrons. The molecule has 0 atom stereocenters. The fraction of sp³-hybridized carbons (Fsp3) is 0.143. The Balaban J connectivity index is 3.21. The standard InChI is InChI=1S/C7H6Cl2OS/c8-5-1-4(3-11)2-6(9)7(5)10/h1-2,10-11H,3H2. The lowest BCUT2D eigenvalue weighted by molar-refractivity contribution is 0.475. The minimum atomic E-state index is -0.0705. The van der Waals surface area contributed by atoms with Crippen LogP contribution in [0.2, 0.25) is 10.0 Å². The zero-order valence-electron chi connectivity index (χ0n) is 5.51. The zero-order chi connectivity index (χ0) is 8.43. The summed E-state index contributed by atoms with van der Waals surface area (Å²) in [5.74, 6) is 0.485. The van der Waals surface area contributed by atoms with Crippen LogP contribution in [0.15, 0.2) is 12.1 Å². The molecular weight excluding hydrogens is 203 g/mol. The number of benzene rings is 1. The van der Waals surface area contributed by atoms with E-state index in [4.69, 9.17) is 28.3 Å². The van der Waals surface area contributed by atoms with Crippen LogP contribution in [-0.4, -0.2) is 5.11 Å². The van der Waals surface area contributed by atoms with Crippen LogP contribution in [0.1, 0.15) is 5.56 Å². The maximum Gasteiger partial charge on any atom is 0.152 e. The lowest BCUT2D eigenvalue weighted by Gasteiger charge is -2.01. The Morgan fingerprint density at radius 1 is 1.27 bits per heavy atom. The van der Waals surface area contributed by atoms with Gasteiger partial charge in [-0.2, -0.15) is 12.6 Å². The number of rotatable bonds is 1.